The second-order valence-electron chi connectivity index (χ2n) is 7.72. The SMILES string of the molecule is Cn1ccc2cc(CC3(C)OB(c4ccccc4)OC3(C)C)ccc21. The molecule has 3 aromatic rings. The monoisotopic (exact) mass is 333 g/mol. The molecule has 0 bridgehead atoms. The normalized spacial score (nSPS) is 22.6. The molecule has 1 unspecified atom stereocenters. The van der Waals surface area contributed by atoms with Crippen molar-refractivity contribution in [3.63, 3.8) is 0 Å². The molecular weight excluding hydrogens is 309 g/mol. The van der Waals surface area contributed by atoms with Gasteiger partial charge in [-0.25, -0.2) is 0 Å². The van der Waals surface area contributed by atoms with Gasteiger partial charge < -0.3 is 13.9 Å². The maximum atomic E-state index is 6.44. The van der Waals surface area contributed by atoms with Gasteiger partial charge in [0.15, 0.2) is 0 Å². The first-order valence-corrected chi connectivity index (χ1v) is 8.83. The van der Waals surface area contributed by atoms with Crippen LogP contribution in [0.2, 0.25) is 0 Å². The lowest BCUT2D eigenvalue weighted by Gasteiger charge is -2.36. The first kappa shape index (κ1) is 16.4. The molecule has 1 atom stereocenters. The smallest absolute Gasteiger partial charge is 0.399 e. The van der Waals surface area contributed by atoms with Crippen molar-refractivity contribution in [3.8, 4) is 0 Å². The molecule has 0 aliphatic carbocycles. The molecule has 1 aromatic heterocycles. The maximum absolute atomic E-state index is 6.44. The zero-order valence-electron chi connectivity index (χ0n) is 15.3. The second-order valence-corrected chi connectivity index (χ2v) is 7.72. The lowest BCUT2D eigenvalue weighted by Crippen LogP contribution is -2.46. The molecule has 1 aliphatic rings. The summed E-state index contributed by atoms with van der Waals surface area (Å²) in [5.74, 6) is 0. The summed E-state index contributed by atoms with van der Waals surface area (Å²) in [7, 11) is 1.76. The van der Waals surface area contributed by atoms with Crippen LogP contribution in [0.15, 0.2) is 60.8 Å². The number of hydrogen-bond donors (Lipinski definition) is 0. The minimum absolute atomic E-state index is 0.318. The lowest BCUT2D eigenvalue weighted by atomic mass is 9.79. The fourth-order valence-corrected chi connectivity index (χ4v) is 3.63. The minimum Gasteiger partial charge on any atom is -0.399 e. The van der Waals surface area contributed by atoms with E-state index in [2.05, 4.69) is 75.0 Å². The van der Waals surface area contributed by atoms with Gasteiger partial charge in [0.25, 0.3) is 0 Å². The molecule has 3 nitrogen and oxygen atoms in total. The Labute approximate surface area is 149 Å². The number of hydrogen-bond acceptors (Lipinski definition) is 2. The molecule has 1 saturated heterocycles. The molecule has 0 radical (unpaired) electrons. The molecule has 1 aliphatic heterocycles. The van der Waals surface area contributed by atoms with Crippen LogP contribution in [0.3, 0.4) is 0 Å². The molecule has 0 spiro atoms. The predicted molar refractivity (Wildman–Crippen MR) is 103 cm³/mol. The van der Waals surface area contributed by atoms with E-state index in [4.69, 9.17) is 9.31 Å². The summed E-state index contributed by atoms with van der Waals surface area (Å²) < 4.78 is 14.9. The van der Waals surface area contributed by atoms with Crippen LogP contribution in [0.4, 0.5) is 0 Å². The van der Waals surface area contributed by atoms with Crippen LogP contribution in [0.1, 0.15) is 26.3 Å². The van der Waals surface area contributed by atoms with Crippen LogP contribution >= 0.6 is 0 Å². The van der Waals surface area contributed by atoms with E-state index in [-0.39, 0.29) is 12.7 Å². The fraction of sp³-hybridized carbons (Fsp3) is 0.333. The standard InChI is InChI=1S/C21H24BNO2/c1-20(2)21(3,25-22(24-20)18-8-6-5-7-9-18)15-16-10-11-19-17(14-16)12-13-23(19)4/h5-14H,15H2,1-4H3. The van der Waals surface area contributed by atoms with Gasteiger partial charge in [0, 0.05) is 25.2 Å². The van der Waals surface area contributed by atoms with Gasteiger partial charge in [0.05, 0.1) is 11.2 Å². The quantitative estimate of drug-likeness (QED) is 0.682. The Kier molecular flexibility index (Phi) is 3.78. The maximum Gasteiger partial charge on any atom is 0.494 e. The topological polar surface area (TPSA) is 23.4 Å². The van der Waals surface area contributed by atoms with Crippen molar-refractivity contribution in [2.24, 2.45) is 7.05 Å². The van der Waals surface area contributed by atoms with Crippen LogP contribution in [0, 0.1) is 0 Å². The Morgan fingerprint density at radius 1 is 0.960 bits per heavy atom. The zero-order valence-corrected chi connectivity index (χ0v) is 15.3. The van der Waals surface area contributed by atoms with E-state index in [9.17, 15) is 0 Å². The van der Waals surface area contributed by atoms with E-state index in [0.29, 0.717) is 0 Å². The van der Waals surface area contributed by atoms with Crippen LogP contribution < -0.4 is 5.46 Å². The Balaban J connectivity index is 1.63. The van der Waals surface area contributed by atoms with Gasteiger partial charge in [0.1, 0.15) is 0 Å². The Bertz CT molecular complexity index is 903. The first-order valence-electron chi connectivity index (χ1n) is 8.83. The van der Waals surface area contributed by atoms with Gasteiger partial charge in [0.2, 0.25) is 0 Å². The molecule has 2 heterocycles. The number of aryl methyl sites for hydroxylation is 1. The van der Waals surface area contributed by atoms with Crippen molar-refractivity contribution < 1.29 is 9.31 Å². The molecule has 0 saturated carbocycles. The number of fused-ring (bicyclic) bond motifs is 1. The molecule has 25 heavy (non-hydrogen) atoms. The van der Waals surface area contributed by atoms with E-state index in [1.165, 1.54) is 16.5 Å². The summed E-state index contributed by atoms with van der Waals surface area (Å²) in [6.45, 7) is 6.40. The van der Waals surface area contributed by atoms with Crippen LogP contribution in [0.25, 0.3) is 10.9 Å². The highest BCUT2D eigenvalue weighted by molar-refractivity contribution is 6.62. The number of nitrogens with zero attached hydrogens (tertiary/aromatic N) is 1. The van der Waals surface area contributed by atoms with Gasteiger partial charge in [-0.1, -0.05) is 36.4 Å². The van der Waals surface area contributed by atoms with E-state index in [1.807, 2.05) is 18.2 Å². The number of rotatable bonds is 3. The van der Waals surface area contributed by atoms with Crippen molar-refractivity contribution in [2.75, 3.05) is 0 Å². The molecule has 128 valence electrons. The van der Waals surface area contributed by atoms with E-state index >= 15 is 0 Å². The summed E-state index contributed by atoms with van der Waals surface area (Å²) in [6.07, 6.45) is 2.91. The van der Waals surface area contributed by atoms with Crippen molar-refractivity contribution in [2.45, 2.75) is 38.4 Å². The third-order valence-electron chi connectivity index (χ3n) is 5.61. The third kappa shape index (κ3) is 2.80. The average molecular weight is 333 g/mol. The zero-order chi connectivity index (χ0) is 17.7. The van der Waals surface area contributed by atoms with Gasteiger partial charge in [-0.05, 0) is 55.4 Å². The highest BCUT2D eigenvalue weighted by atomic mass is 16.7. The van der Waals surface area contributed by atoms with Crippen molar-refractivity contribution in [1.29, 1.82) is 0 Å². The van der Waals surface area contributed by atoms with Gasteiger partial charge in [-0.2, -0.15) is 0 Å². The summed E-state index contributed by atoms with van der Waals surface area (Å²) in [5, 5.41) is 1.26. The minimum atomic E-state index is -0.393. The fourth-order valence-electron chi connectivity index (χ4n) is 3.63. The van der Waals surface area contributed by atoms with Crippen molar-refractivity contribution in [1.82, 2.24) is 4.57 Å². The largest absolute Gasteiger partial charge is 0.494 e. The van der Waals surface area contributed by atoms with Crippen molar-refractivity contribution >= 4 is 23.5 Å². The molecule has 4 heteroatoms. The van der Waals surface area contributed by atoms with Crippen LogP contribution in [-0.4, -0.2) is 22.9 Å². The van der Waals surface area contributed by atoms with Crippen molar-refractivity contribution in [3.05, 3.63) is 66.4 Å². The predicted octanol–water partition coefficient (Wildman–Crippen LogP) is 3.70. The lowest BCUT2D eigenvalue weighted by molar-refractivity contribution is -0.00875. The van der Waals surface area contributed by atoms with Gasteiger partial charge >= 0.3 is 7.12 Å². The Morgan fingerprint density at radius 2 is 1.72 bits per heavy atom. The molecule has 0 amide bonds. The third-order valence-corrected chi connectivity index (χ3v) is 5.61. The second kappa shape index (κ2) is 5.75. The van der Waals surface area contributed by atoms with E-state index in [0.717, 1.165) is 11.9 Å². The molecule has 1 fully saturated rings. The molecule has 0 N–H and O–H groups in total. The highest BCUT2D eigenvalue weighted by Crippen LogP contribution is 2.40. The molecule has 4 rings (SSSR count). The Morgan fingerprint density at radius 3 is 2.48 bits per heavy atom. The summed E-state index contributed by atoms with van der Waals surface area (Å²) in [4.78, 5) is 0. The Hall–Kier alpha value is -2.04. The van der Waals surface area contributed by atoms with Crippen LogP contribution in [0.5, 0.6) is 0 Å². The van der Waals surface area contributed by atoms with E-state index < -0.39 is 5.60 Å². The highest BCUT2D eigenvalue weighted by Gasteiger charge is 2.54. The van der Waals surface area contributed by atoms with Gasteiger partial charge in [-0.3, -0.25) is 0 Å². The summed E-state index contributed by atoms with van der Waals surface area (Å²) >= 11 is 0. The average Bonchev–Trinajstić information content (AvgIpc) is 3.06. The summed E-state index contributed by atoms with van der Waals surface area (Å²) in [5.41, 5.74) is 2.82. The number of benzene rings is 2. The molecule has 2 aromatic carbocycles. The van der Waals surface area contributed by atoms with Crippen LogP contribution in [-0.2, 0) is 22.8 Å². The molecular formula is C21H24BNO2. The van der Waals surface area contributed by atoms with E-state index in [1.54, 1.807) is 0 Å². The first-order chi connectivity index (χ1) is 11.9. The summed E-state index contributed by atoms with van der Waals surface area (Å²) in [6, 6.07) is 19.0. The van der Waals surface area contributed by atoms with Gasteiger partial charge in [-0.15, -0.1) is 0 Å². The number of aromatic nitrogens is 1.